The number of fused-ring (bicyclic) bond motifs is 1. The van der Waals surface area contributed by atoms with Crippen molar-refractivity contribution >= 4 is 5.97 Å². The molecule has 0 heterocycles. The molecule has 1 aliphatic carbocycles. The van der Waals surface area contributed by atoms with Crippen molar-refractivity contribution in [3.05, 3.63) is 35.4 Å². The summed E-state index contributed by atoms with van der Waals surface area (Å²) in [6.45, 7) is 1.86. The summed E-state index contributed by atoms with van der Waals surface area (Å²) in [6, 6.07) is 8.18. The minimum Gasteiger partial charge on any atom is -0.469 e. The number of rotatable bonds is 1. The van der Waals surface area contributed by atoms with Crippen molar-refractivity contribution in [2.45, 2.75) is 44.6 Å². The first kappa shape index (κ1) is 14.1. The predicted octanol–water partition coefficient (Wildman–Crippen LogP) is 2.50. The van der Waals surface area contributed by atoms with Gasteiger partial charge in [-0.2, -0.15) is 0 Å². The van der Waals surface area contributed by atoms with Crippen LogP contribution >= 0.6 is 0 Å². The second-order valence-corrected chi connectivity index (χ2v) is 5.73. The Hall–Kier alpha value is -1.35. The third-order valence-electron chi connectivity index (χ3n) is 4.08. The molecule has 0 amide bonds. The van der Waals surface area contributed by atoms with Gasteiger partial charge in [-0.25, -0.2) is 0 Å². The van der Waals surface area contributed by atoms with Crippen molar-refractivity contribution in [3.8, 4) is 0 Å². The lowest BCUT2D eigenvalue weighted by Gasteiger charge is -2.23. The van der Waals surface area contributed by atoms with Crippen molar-refractivity contribution in [2.75, 3.05) is 7.11 Å². The van der Waals surface area contributed by atoms with E-state index in [2.05, 4.69) is 12.1 Å². The lowest BCUT2D eigenvalue weighted by atomic mass is 9.90. The summed E-state index contributed by atoms with van der Waals surface area (Å²) < 4.78 is 4.89. The minimum atomic E-state index is -0.705. The van der Waals surface area contributed by atoms with Crippen molar-refractivity contribution < 1.29 is 14.6 Å². The summed E-state index contributed by atoms with van der Waals surface area (Å²) in [7, 11) is 1.43. The van der Waals surface area contributed by atoms with E-state index >= 15 is 0 Å². The first-order valence-electron chi connectivity index (χ1n) is 6.89. The Labute approximate surface area is 114 Å². The molecular weight excluding hydrogens is 240 g/mol. The van der Waals surface area contributed by atoms with Gasteiger partial charge >= 0.3 is 5.97 Å². The van der Waals surface area contributed by atoms with Crippen LogP contribution in [0.3, 0.4) is 0 Å². The predicted molar refractivity (Wildman–Crippen MR) is 73.8 cm³/mol. The third kappa shape index (κ3) is 3.57. The number of aliphatic hydroxyl groups is 1. The maximum absolute atomic E-state index is 11.9. The van der Waals surface area contributed by atoms with Crippen molar-refractivity contribution in [3.63, 3.8) is 0 Å². The smallest absolute Gasteiger partial charge is 0.308 e. The zero-order valence-electron chi connectivity index (χ0n) is 11.7. The van der Waals surface area contributed by atoms with Crippen LogP contribution in [0.25, 0.3) is 0 Å². The van der Waals surface area contributed by atoms with Crippen molar-refractivity contribution in [1.82, 2.24) is 0 Å². The van der Waals surface area contributed by atoms with E-state index in [0.29, 0.717) is 19.3 Å². The van der Waals surface area contributed by atoms with Crippen molar-refractivity contribution in [2.24, 2.45) is 5.92 Å². The number of carbonyl (C=O) groups excluding carboxylic acids is 1. The van der Waals surface area contributed by atoms with Gasteiger partial charge in [0.15, 0.2) is 0 Å². The fourth-order valence-corrected chi connectivity index (χ4v) is 2.75. The summed E-state index contributed by atoms with van der Waals surface area (Å²) in [5.74, 6) is -0.330. The highest BCUT2D eigenvalue weighted by molar-refractivity contribution is 5.72. The highest BCUT2D eigenvalue weighted by Gasteiger charge is 2.28. The Bertz CT molecular complexity index is 451. The monoisotopic (exact) mass is 262 g/mol. The van der Waals surface area contributed by atoms with E-state index in [1.54, 1.807) is 0 Å². The molecule has 0 aromatic heterocycles. The van der Waals surface area contributed by atoms with Crippen molar-refractivity contribution in [1.29, 1.82) is 0 Å². The summed E-state index contributed by atoms with van der Waals surface area (Å²) in [5, 5.41) is 10.4. The van der Waals surface area contributed by atoms with Crippen LogP contribution in [0.1, 0.15) is 37.3 Å². The molecule has 104 valence electrons. The molecule has 1 aromatic rings. The van der Waals surface area contributed by atoms with Crippen LogP contribution in [0, 0.1) is 5.92 Å². The molecule has 0 radical (unpaired) electrons. The molecule has 3 heteroatoms. The number of hydrogen-bond acceptors (Lipinski definition) is 3. The molecule has 0 fully saturated rings. The number of hydrogen-bond donors (Lipinski definition) is 1. The van der Waals surface area contributed by atoms with Gasteiger partial charge in [-0.1, -0.05) is 24.3 Å². The number of esters is 1. The van der Waals surface area contributed by atoms with Gasteiger partial charge in [0.05, 0.1) is 18.6 Å². The zero-order chi connectivity index (χ0) is 13.9. The molecule has 3 nitrogen and oxygen atoms in total. The highest BCUT2D eigenvalue weighted by atomic mass is 16.5. The number of carbonyl (C=O) groups is 1. The Kier molecular flexibility index (Phi) is 4.25. The molecule has 0 aliphatic heterocycles. The second kappa shape index (κ2) is 5.74. The van der Waals surface area contributed by atoms with Crippen LogP contribution in [0.15, 0.2) is 24.3 Å². The summed E-state index contributed by atoms with van der Waals surface area (Å²) >= 11 is 0. The molecule has 0 unspecified atom stereocenters. The Morgan fingerprint density at radius 3 is 2.68 bits per heavy atom. The molecule has 2 rings (SSSR count). The fourth-order valence-electron chi connectivity index (χ4n) is 2.75. The normalized spacial score (nSPS) is 27.6. The maximum atomic E-state index is 11.9. The topological polar surface area (TPSA) is 46.5 Å². The van der Waals surface area contributed by atoms with E-state index < -0.39 is 5.60 Å². The summed E-state index contributed by atoms with van der Waals surface area (Å²) in [6.07, 6.45) is 3.61. The molecular formula is C16H22O3. The number of aryl methyl sites for hydroxylation is 1. The lowest BCUT2D eigenvalue weighted by Crippen LogP contribution is -2.27. The van der Waals surface area contributed by atoms with Crippen LogP contribution < -0.4 is 0 Å². The number of benzene rings is 1. The zero-order valence-corrected chi connectivity index (χ0v) is 11.7. The number of ether oxygens (including phenoxy) is 1. The Morgan fingerprint density at radius 2 is 2.00 bits per heavy atom. The van der Waals surface area contributed by atoms with Gasteiger partial charge in [0.2, 0.25) is 0 Å². The second-order valence-electron chi connectivity index (χ2n) is 5.73. The molecule has 0 saturated heterocycles. The minimum absolute atomic E-state index is 0.157. The molecule has 1 N–H and O–H groups in total. The van der Waals surface area contributed by atoms with Crippen LogP contribution in [0.2, 0.25) is 0 Å². The third-order valence-corrected chi connectivity index (χ3v) is 4.08. The highest BCUT2D eigenvalue weighted by Crippen LogP contribution is 2.29. The van der Waals surface area contributed by atoms with E-state index in [9.17, 15) is 9.90 Å². The van der Waals surface area contributed by atoms with Crippen LogP contribution in [-0.4, -0.2) is 23.8 Å². The van der Waals surface area contributed by atoms with Gasteiger partial charge in [0, 0.05) is 0 Å². The largest absolute Gasteiger partial charge is 0.469 e. The fraction of sp³-hybridized carbons (Fsp3) is 0.562. The maximum Gasteiger partial charge on any atom is 0.308 e. The summed E-state index contributed by atoms with van der Waals surface area (Å²) in [5.41, 5.74) is 1.73. The first-order chi connectivity index (χ1) is 9.02. The molecule has 2 atom stereocenters. The van der Waals surface area contributed by atoms with E-state index in [4.69, 9.17) is 4.74 Å². The van der Waals surface area contributed by atoms with Gasteiger partial charge in [0.25, 0.3) is 0 Å². The molecule has 0 spiro atoms. The molecule has 19 heavy (non-hydrogen) atoms. The summed E-state index contributed by atoms with van der Waals surface area (Å²) in [4.78, 5) is 11.9. The quantitative estimate of drug-likeness (QED) is 0.791. The number of methoxy groups -OCH3 is 1. The van der Waals surface area contributed by atoms with E-state index in [-0.39, 0.29) is 11.9 Å². The molecule has 0 saturated carbocycles. The van der Waals surface area contributed by atoms with E-state index in [0.717, 1.165) is 12.8 Å². The molecule has 0 bridgehead atoms. The molecule has 1 aliphatic rings. The van der Waals surface area contributed by atoms with Gasteiger partial charge in [0.1, 0.15) is 0 Å². The van der Waals surface area contributed by atoms with E-state index in [1.165, 1.54) is 18.2 Å². The standard InChI is InChI=1S/C16H22O3/c1-16(18)9-7-12-5-3-4-6-13(12)11-14(8-10-16)15(17)19-2/h3-6,14,18H,7-11H2,1-2H3/t14-,16+/m0/s1. The average molecular weight is 262 g/mol. The lowest BCUT2D eigenvalue weighted by molar-refractivity contribution is -0.146. The Morgan fingerprint density at radius 1 is 1.32 bits per heavy atom. The average Bonchev–Trinajstić information content (AvgIpc) is 2.47. The molecule has 1 aromatic carbocycles. The Balaban J connectivity index is 2.29. The SMILES string of the molecule is COC(=O)[C@H]1CC[C@](C)(O)CCc2ccccc2C1. The first-order valence-corrected chi connectivity index (χ1v) is 6.89. The van der Waals surface area contributed by atoms with E-state index in [1.807, 2.05) is 19.1 Å². The van der Waals surface area contributed by atoms with Crippen LogP contribution in [0.5, 0.6) is 0 Å². The van der Waals surface area contributed by atoms with Crippen LogP contribution in [0.4, 0.5) is 0 Å². The van der Waals surface area contributed by atoms with Gasteiger partial charge < -0.3 is 9.84 Å². The van der Waals surface area contributed by atoms with Crippen LogP contribution in [-0.2, 0) is 22.4 Å². The van der Waals surface area contributed by atoms with Gasteiger partial charge in [-0.05, 0) is 50.2 Å². The van der Waals surface area contributed by atoms with Gasteiger partial charge in [-0.3, -0.25) is 4.79 Å². The van der Waals surface area contributed by atoms with Gasteiger partial charge in [-0.15, -0.1) is 0 Å².